The van der Waals surface area contributed by atoms with E-state index in [-0.39, 0.29) is 0 Å². The van der Waals surface area contributed by atoms with Crippen molar-refractivity contribution in [3.63, 3.8) is 0 Å². The minimum absolute atomic E-state index is 0.745. The Labute approximate surface area is 128 Å². The van der Waals surface area contributed by atoms with E-state index in [0.29, 0.717) is 0 Å². The van der Waals surface area contributed by atoms with Gasteiger partial charge in [-0.2, -0.15) is 0 Å². The number of benzene rings is 3. The van der Waals surface area contributed by atoms with Gasteiger partial charge in [-0.3, -0.25) is 4.79 Å². The van der Waals surface area contributed by atoms with Gasteiger partial charge in [0.1, 0.15) is 0 Å². The van der Waals surface area contributed by atoms with Crippen LogP contribution in [0.25, 0.3) is 21.7 Å². The molecule has 4 aromatic rings. The average molecular weight is 285 g/mol. The lowest BCUT2D eigenvalue weighted by molar-refractivity contribution is 0.112. The minimum atomic E-state index is 0.745. The van der Waals surface area contributed by atoms with Crippen LogP contribution in [-0.4, -0.2) is 10.9 Å². The van der Waals surface area contributed by atoms with E-state index in [1.54, 1.807) is 0 Å². The molecule has 0 bridgehead atoms. The summed E-state index contributed by atoms with van der Waals surface area (Å²) in [7, 11) is 0. The van der Waals surface area contributed by atoms with Gasteiger partial charge in [0.2, 0.25) is 0 Å². The first kappa shape index (κ1) is 12.8. The highest BCUT2D eigenvalue weighted by molar-refractivity contribution is 5.97. The second-order valence-electron chi connectivity index (χ2n) is 5.52. The summed E-state index contributed by atoms with van der Waals surface area (Å²) in [6.45, 7) is 0.802. The molecule has 3 aromatic carbocycles. The first-order valence-corrected chi connectivity index (χ1v) is 7.36. The fraction of sp³-hybridized carbons (Fsp3) is 0.0500. The Morgan fingerprint density at radius 2 is 1.73 bits per heavy atom. The normalized spacial score (nSPS) is 11.1. The maximum Gasteiger partial charge on any atom is 0.150 e. The number of carbonyl (C=O) groups excluding carboxylic acids is 1. The van der Waals surface area contributed by atoms with E-state index in [1.165, 1.54) is 16.3 Å². The van der Waals surface area contributed by atoms with Crippen LogP contribution in [-0.2, 0) is 6.54 Å². The van der Waals surface area contributed by atoms with Crippen molar-refractivity contribution in [1.82, 2.24) is 4.57 Å². The third-order valence-electron chi connectivity index (χ3n) is 4.14. The number of hydrogen-bond acceptors (Lipinski definition) is 1. The van der Waals surface area contributed by atoms with Crippen LogP contribution < -0.4 is 0 Å². The summed E-state index contributed by atoms with van der Waals surface area (Å²) < 4.78 is 2.19. The SMILES string of the molecule is O=Cc1cccc2c1ccn2Cc1ccc2ccccc2c1. The van der Waals surface area contributed by atoms with Gasteiger partial charge < -0.3 is 4.57 Å². The standard InChI is InChI=1S/C20H15NO/c22-14-18-6-3-7-20-19(18)10-11-21(20)13-15-8-9-16-4-1-2-5-17(16)12-15/h1-12,14H,13H2. The Balaban J connectivity index is 1.77. The highest BCUT2D eigenvalue weighted by Crippen LogP contribution is 2.22. The Kier molecular flexibility index (Phi) is 3.01. The molecule has 0 saturated carbocycles. The monoisotopic (exact) mass is 285 g/mol. The summed E-state index contributed by atoms with van der Waals surface area (Å²) in [4.78, 5) is 11.1. The predicted molar refractivity (Wildman–Crippen MR) is 90.4 cm³/mol. The summed E-state index contributed by atoms with van der Waals surface area (Å²) in [5.74, 6) is 0. The number of fused-ring (bicyclic) bond motifs is 2. The molecule has 22 heavy (non-hydrogen) atoms. The summed E-state index contributed by atoms with van der Waals surface area (Å²) in [6, 6.07) is 22.8. The van der Waals surface area contributed by atoms with Crippen molar-refractivity contribution in [2.75, 3.05) is 0 Å². The van der Waals surface area contributed by atoms with Crippen LogP contribution >= 0.6 is 0 Å². The maximum atomic E-state index is 11.1. The molecule has 0 amide bonds. The van der Waals surface area contributed by atoms with Gasteiger partial charge >= 0.3 is 0 Å². The molecule has 0 radical (unpaired) electrons. The van der Waals surface area contributed by atoms with Crippen LogP contribution in [0, 0.1) is 0 Å². The highest BCUT2D eigenvalue weighted by atomic mass is 16.1. The number of carbonyl (C=O) groups is 1. The number of aldehydes is 1. The van der Waals surface area contributed by atoms with Crippen molar-refractivity contribution in [2.24, 2.45) is 0 Å². The molecule has 0 aliphatic rings. The second kappa shape index (κ2) is 5.15. The molecule has 0 saturated heterocycles. The molecule has 0 N–H and O–H groups in total. The van der Waals surface area contributed by atoms with Crippen molar-refractivity contribution in [1.29, 1.82) is 0 Å². The lowest BCUT2D eigenvalue weighted by Gasteiger charge is -2.07. The van der Waals surface area contributed by atoms with Crippen LogP contribution in [0.2, 0.25) is 0 Å². The van der Waals surface area contributed by atoms with E-state index in [0.717, 1.165) is 29.3 Å². The zero-order chi connectivity index (χ0) is 14.9. The molecule has 106 valence electrons. The molecule has 0 aliphatic carbocycles. The molecule has 2 heteroatoms. The molecule has 0 spiro atoms. The van der Waals surface area contributed by atoms with Crippen molar-refractivity contribution >= 4 is 28.0 Å². The van der Waals surface area contributed by atoms with E-state index in [1.807, 2.05) is 24.4 Å². The third-order valence-corrected chi connectivity index (χ3v) is 4.14. The first-order valence-electron chi connectivity index (χ1n) is 7.36. The van der Waals surface area contributed by atoms with Crippen LogP contribution in [0.4, 0.5) is 0 Å². The zero-order valence-corrected chi connectivity index (χ0v) is 12.1. The third kappa shape index (κ3) is 2.09. The molecular formula is C20H15NO. The molecule has 1 aromatic heterocycles. The van der Waals surface area contributed by atoms with Gasteiger partial charge in [-0.05, 0) is 34.5 Å². The van der Waals surface area contributed by atoms with E-state index in [4.69, 9.17) is 0 Å². The molecule has 4 rings (SSSR count). The molecule has 0 atom stereocenters. The first-order chi connectivity index (χ1) is 10.8. The molecule has 0 unspecified atom stereocenters. The van der Waals surface area contributed by atoms with Crippen LogP contribution in [0.3, 0.4) is 0 Å². The predicted octanol–water partition coefficient (Wildman–Crippen LogP) is 4.66. The topological polar surface area (TPSA) is 22.0 Å². The van der Waals surface area contributed by atoms with E-state index < -0.39 is 0 Å². The van der Waals surface area contributed by atoms with Crippen LogP contribution in [0.15, 0.2) is 72.9 Å². The summed E-state index contributed by atoms with van der Waals surface area (Å²) in [5.41, 5.74) is 3.10. The van der Waals surface area contributed by atoms with E-state index >= 15 is 0 Å². The van der Waals surface area contributed by atoms with Crippen LogP contribution in [0.5, 0.6) is 0 Å². The fourth-order valence-electron chi connectivity index (χ4n) is 3.02. The van der Waals surface area contributed by atoms with Gasteiger partial charge in [0.25, 0.3) is 0 Å². The average Bonchev–Trinajstić information content (AvgIpc) is 2.98. The second-order valence-corrected chi connectivity index (χ2v) is 5.52. The Bertz CT molecular complexity index is 981. The van der Waals surface area contributed by atoms with Crippen molar-refractivity contribution in [3.8, 4) is 0 Å². The Hall–Kier alpha value is -2.87. The summed E-state index contributed by atoms with van der Waals surface area (Å²) >= 11 is 0. The largest absolute Gasteiger partial charge is 0.343 e. The minimum Gasteiger partial charge on any atom is -0.343 e. The summed E-state index contributed by atoms with van der Waals surface area (Å²) in [5, 5.41) is 3.52. The van der Waals surface area contributed by atoms with Crippen molar-refractivity contribution < 1.29 is 4.79 Å². The molecule has 1 heterocycles. The molecular weight excluding hydrogens is 270 g/mol. The molecule has 2 nitrogen and oxygen atoms in total. The van der Waals surface area contributed by atoms with Gasteiger partial charge in [-0.1, -0.05) is 48.5 Å². The van der Waals surface area contributed by atoms with Gasteiger partial charge in [-0.25, -0.2) is 0 Å². The fourth-order valence-corrected chi connectivity index (χ4v) is 3.02. The Morgan fingerprint density at radius 1 is 0.864 bits per heavy atom. The number of nitrogens with zero attached hydrogens (tertiary/aromatic N) is 1. The van der Waals surface area contributed by atoms with Gasteiger partial charge in [0.15, 0.2) is 6.29 Å². The van der Waals surface area contributed by atoms with Gasteiger partial charge in [0.05, 0.1) is 0 Å². The van der Waals surface area contributed by atoms with Gasteiger partial charge in [-0.15, -0.1) is 0 Å². The highest BCUT2D eigenvalue weighted by Gasteiger charge is 2.05. The van der Waals surface area contributed by atoms with E-state index in [9.17, 15) is 4.79 Å². The zero-order valence-electron chi connectivity index (χ0n) is 12.1. The van der Waals surface area contributed by atoms with Gasteiger partial charge in [0, 0.05) is 29.2 Å². The van der Waals surface area contributed by atoms with Crippen molar-refractivity contribution in [2.45, 2.75) is 6.54 Å². The maximum absolute atomic E-state index is 11.1. The lowest BCUT2D eigenvalue weighted by atomic mass is 10.1. The smallest absolute Gasteiger partial charge is 0.150 e. The van der Waals surface area contributed by atoms with E-state index in [2.05, 4.69) is 53.1 Å². The number of rotatable bonds is 3. The quantitative estimate of drug-likeness (QED) is 0.502. The lowest BCUT2D eigenvalue weighted by Crippen LogP contribution is -1.98. The van der Waals surface area contributed by atoms with Crippen LogP contribution in [0.1, 0.15) is 15.9 Å². The van der Waals surface area contributed by atoms with Crippen molar-refractivity contribution in [3.05, 3.63) is 84.1 Å². The number of hydrogen-bond donors (Lipinski definition) is 0. The summed E-state index contributed by atoms with van der Waals surface area (Å²) in [6.07, 6.45) is 2.97. The molecule has 0 aliphatic heterocycles. The Morgan fingerprint density at radius 3 is 2.59 bits per heavy atom. The number of aromatic nitrogens is 1. The molecule has 0 fully saturated rings.